The minimum atomic E-state index is -3.45. The number of amides is 1. The molecule has 1 aromatic rings. The maximum absolute atomic E-state index is 12.9. The summed E-state index contributed by atoms with van der Waals surface area (Å²) in [4.78, 5) is 17.0. The third-order valence-corrected chi connectivity index (χ3v) is 9.49. The number of carbonyl (C=O) groups is 1. The molecule has 2 aliphatic rings. The van der Waals surface area contributed by atoms with Crippen LogP contribution >= 0.6 is 27.3 Å². The van der Waals surface area contributed by atoms with Crippen molar-refractivity contribution in [3.8, 4) is 0 Å². The maximum atomic E-state index is 12.9. The fraction of sp³-hybridized carbons (Fsp3) is 0.722. The molecule has 0 N–H and O–H groups in total. The number of nitrogens with zero attached hydrogens (tertiary/aromatic N) is 3. The zero-order valence-electron chi connectivity index (χ0n) is 16.1. The summed E-state index contributed by atoms with van der Waals surface area (Å²) < 4.78 is 28.2. The summed E-state index contributed by atoms with van der Waals surface area (Å²) in [7, 11) is -3.45. The lowest BCUT2D eigenvalue weighted by molar-refractivity contribution is -0.139. The number of sulfonamides is 1. The molecule has 0 radical (unpaired) electrons. The van der Waals surface area contributed by atoms with E-state index in [1.165, 1.54) is 22.1 Å². The molecule has 9 heteroatoms. The van der Waals surface area contributed by atoms with Crippen molar-refractivity contribution in [2.45, 2.75) is 37.4 Å². The van der Waals surface area contributed by atoms with Crippen LogP contribution in [0.4, 0.5) is 0 Å². The molecule has 0 aliphatic carbocycles. The Morgan fingerprint density at radius 2 is 1.74 bits per heavy atom. The number of likely N-dealkylation sites (tertiary alicyclic amines) is 1. The molecule has 0 saturated carbocycles. The summed E-state index contributed by atoms with van der Waals surface area (Å²) in [6, 6.07) is 3.19. The van der Waals surface area contributed by atoms with E-state index in [1.807, 2.05) is 11.8 Å². The molecule has 1 aromatic heterocycles. The molecule has 1 amide bonds. The lowest BCUT2D eigenvalue weighted by Crippen LogP contribution is -2.56. The predicted molar refractivity (Wildman–Crippen MR) is 111 cm³/mol. The van der Waals surface area contributed by atoms with Gasteiger partial charge in [0.15, 0.2) is 0 Å². The molecule has 0 bridgehead atoms. The number of piperazine rings is 1. The Labute approximate surface area is 174 Å². The minimum absolute atomic E-state index is 0.173. The molecular formula is C18H28BrN3O3S2. The normalized spacial score (nSPS) is 26.9. The second kappa shape index (κ2) is 8.49. The molecular weight excluding hydrogens is 450 g/mol. The number of hydrogen-bond acceptors (Lipinski definition) is 5. The van der Waals surface area contributed by atoms with E-state index in [-0.39, 0.29) is 11.9 Å². The fourth-order valence-corrected chi connectivity index (χ4v) is 7.74. The Balaban J connectivity index is 1.59. The van der Waals surface area contributed by atoms with Crippen molar-refractivity contribution >= 4 is 43.2 Å². The van der Waals surface area contributed by atoms with Crippen LogP contribution in [0.25, 0.3) is 0 Å². The first-order chi connectivity index (χ1) is 12.7. The summed E-state index contributed by atoms with van der Waals surface area (Å²) in [5.74, 6) is 1.25. The number of hydrogen-bond donors (Lipinski definition) is 0. The second-order valence-corrected chi connectivity index (χ2v) is 12.5. The molecule has 3 rings (SSSR count). The molecule has 0 unspecified atom stereocenters. The van der Waals surface area contributed by atoms with Crippen LogP contribution < -0.4 is 0 Å². The van der Waals surface area contributed by atoms with E-state index >= 15 is 0 Å². The van der Waals surface area contributed by atoms with Crippen LogP contribution in [-0.2, 0) is 14.8 Å². The molecule has 3 heterocycles. The predicted octanol–water partition coefficient (Wildman–Crippen LogP) is 2.71. The van der Waals surface area contributed by atoms with Gasteiger partial charge in [0.1, 0.15) is 4.21 Å². The zero-order valence-corrected chi connectivity index (χ0v) is 19.3. The van der Waals surface area contributed by atoms with Crippen molar-refractivity contribution in [1.82, 2.24) is 14.1 Å². The Kier molecular flexibility index (Phi) is 6.67. The number of piperidine rings is 1. The average molecular weight is 478 g/mol. The van der Waals surface area contributed by atoms with Crippen molar-refractivity contribution in [3.05, 3.63) is 15.9 Å². The highest BCUT2D eigenvalue weighted by Crippen LogP contribution is 2.29. The Bertz CT molecular complexity index is 765. The lowest BCUT2D eigenvalue weighted by Gasteiger charge is -2.41. The van der Waals surface area contributed by atoms with Gasteiger partial charge in [-0.05, 0) is 53.2 Å². The topological polar surface area (TPSA) is 60.9 Å². The van der Waals surface area contributed by atoms with Crippen LogP contribution in [0, 0.1) is 11.8 Å². The third kappa shape index (κ3) is 4.75. The van der Waals surface area contributed by atoms with Crippen molar-refractivity contribution in [2.75, 3.05) is 39.3 Å². The van der Waals surface area contributed by atoms with Crippen LogP contribution in [-0.4, -0.2) is 73.7 Å². The summed E-state index contributed by atoms with van der Waals surface area (Å²) in [6.45, 7) is 10.0. The average Bonchev–Trinajstić information content (AvgIpc) is 3.07. The van der Waals surface area contributed by atoms with Gasteiger partial charge in [0.2, 0.25) is 5.91 Å². The van der Waals surface area contributed by atoms with Crippen LogP contribution in [0.5, 0.6) is 0 Å². The van der Waals surface area contributed by atoms with Gasteiger partial charge in [-0.2, -0.15) is 4.31 Å². The molecule has 152 valence electrons. The van der Waals surface area contributed by atoms with Crippen molar-refractivity contribution in [1.29, 1.82) is 0 Å². The Morgan fingerprint density at radius 1 is 1.15 bits per heavy atom. The number of rotatable bonds is 4. The molecule has 2 saturated heterocycles. The van der Waals surface area contributed by atoms with Crippen LogP contribution in [0.15, 0.2) is 20.1 Å². The van der Waals surface area contributed by atoms with Gasteiger partial charge in [-0.1, -0.05) is 13.8 Å². The largest absolute Gasteiger partial charge is 0.341 e. The third-order valence-electron chi connectivity index (χ3n) is 5.50. The monoisotopic (exact) mass is 477 g/mol. The van der Waals surface area contributed by atoms with Gasteiger partial charge in [-0.15, -0.1) is 11.3 Å². The minimum Gasteiger partial charge on any atom is -0.341 e. The highest BCUT2D eigenvalue weighted by atomic mass is 79.9. The van der Waals surface area contributed by atoms with Gasteiger partial charge in [0, 0.05) is 39.3 Å². The molecule has 27 heavy (non-hydrogen) atoms. The van der Waals surface area contributed by atoms with E-state index < -0.39 is 10.0 Å². The number of halogens is 1. The van der Waals surface area contributed by atoms with E-state index in [0.29, 0.717) is 42.2 Å². The first-order valence-electron chi connectivity index (χ1n) is 9.46. The quantitative estimate of drug-likeness (QED) is 0.668. The smallest absolute Gasteiger partial charge is 0.252 e. The number of thiophene rings is 1. The molecule has 6 nitrogen and oxygen atoms in total. The SMILES string of the molecule is C[C@@H]1C[C@@H](C)CN(C(=O)[C@H](C)N2CCN(S(=O)(=O)c3ccc(Br)s3)CC2)C1. The van der Waals surface area contributed by atoms with E-state index in [2.05, 4.69) is 34.7 Å². The van der Waals surface area contributed by atoms with Crippen molar-refractivity contribution in [2.24, 2.45) is 11.8 Å². The molecule has 2 aliphatic heterocycles. The first kappa shape index (κ1) is 21.2. The van der Waals surface area contributed by atoms with Crippen molar-refractivity contribution < 1.29 is 13.2 Å². The molecule has 2 fully saturated rings. The van der Waals surface area contributed by atoms with Crippen LogP contribution in [0.3, 0.4) is 0 Å². The first-order valence-corrected chi connectivity index (χ1v) is 12.5. The van der Waals surface area contributed by atoms with Gasteiger partial charge in [-0.3, -0.25) is 9.69 Å². The van der Waals surface area contributed by atoms with E-state index in [4.69, 9.17) is 0 Å². The van der Waals surface area contributed by atoms with E-state index in [9.17, 15) is 13.2 Å². The fourth-order valence-electron chi connectivity index (χ4n) is 4.16. The summed E-state index contributed by atoms with van der Waals surface area (Å²) in [5, 5.41) is 0. The number of carbonyl (C=O) groups excluding carboxylic acids is 1. The lowest BCUT2D eigenvalue weighted by atomic mass is 9.91. The van der Waals surface area contributed by atoms with Crippen LogP contribution in [0.2, 0.25) is 0 Å². The van der Waals surface area contributed by atoms with E-state index in [1.54, 1.807) is 12.1 Å². The van der Waals surface area contributed by atoms with Gasteiger partial charge >= 0.3 is 0 Å². The van der Waals surface area contributed by atoms with Gasteiger partial charge < -0.3 is 4.90 Å². The van der Waals surface area contributed by atoms with Gasteiger partial charge in [-0.25, -0.2) is 8.42 Å². The standard InChI is InChI=1S/C18H28BrN3O3S2/c1-13-10-14(2)12-21(11-13)18(23)15(3)20-6-8-22(9-7-20)27(24,25)17-5-4-16(19)26-17/h4-5,13-15H,6-12H2,1-3H3/t13-,14-,15+/m1/s1. The van der Waals surface area contributed by atoms with E-state index in [0.717, 1.165) is 16.9 Å². The highest BCUT2D eigenvalue weighted by Gasteiger charge is 2.35. The van der Waals surface area contributed by atoms with Crippen molar-refractivity contribution in [3.63, 3.8) is 0 Å². The molecule has 0 spiro atoms. The highest BCUT2D eigenvalue weighted by molar-refractivity contribution is 9.11. The van der Waals surface area contributed by atoms with Crippen LogP contribution in [0.1, 0.15) is 27.2 Å². The zero-order chi connectivity index (χ0) is 19.8. The molecule has 3 atom stereocenters. The van der Waals surface area contributed by atoms with Gasteiger partial charge in [0.05, 0.1) is 9.83 Å². The summed E-state index contributed by atoms with van der Waals surface area (Å²) in [5.41, 5.74) is 0. The molecule has 0 aromatic carbocycles. The summed E-state index contributed by atoms with van der Waals surface area (Å²) in [6.07, 6.45) is 1.17. The Hall–Kier alpha value is -0.480. The Morgan fingerprint density at radius 3 is 2.26 bits per heavy atom. The summed E-state index contributed by atoms with van der Waals surface area (Å²) >= 11 is 4.56. The second-order valence-electron chi connectivity index (χ2n) is 7.86. The maximum Gasteiger partial charge on any atom is 0.252 e. The van der Waals surface area contributed by atoms with Gasteiger partial charge in [0.25, 0.3) is 10.0 Å².